The molecule has 0 unspecified atom stereocenters. The van der Waals surface area contributed by atoms with E-state index in [-0.39, 0.29) is 0 Å². The molecule has 0 spiro atoms. The number of benzene rings is 1. The van der Waals surface area contributed by atoms with Crippen LogP contribution in [0.1, 0.15) is 12.1 Å². The summed E-state index contributed by atoms with van der Waals surface area (Å²) in [5.74, 6) is -3.31. The molecule has 0 bridgehead atoms. The lowest BCUT2D eigenvalue weighted by Crippen LogP contribution is -2.26. The molecular weight excluding hydrogens is 306 g/mol. The Bertz CT molecular complexity index is 667. The van der Waals surface area contributed by atoms with Gasteiger partial charge in [0.2, 0.25) is 0 Å². The van der Waals surface area contributed by atoms with E-state index in [1.54, 1.807) is 18.2 Å². The molecule has 0 aliphatic carbocycles. The molecular formula is C12H9BrF2N2O. The van der Waals surface area contributed by atoms with Gasteiger partial charge in [-0.05, 0) is 18.2 Å². The van der Waals surface area contributed by atoms with Crippen LogP contribution in [-0.2, 0) is 5.92 Å². The zero-order valence-electron chi connectivity index (χ0n) is 9.21. The summed E-state index contributed by atoms with van der Waals surface area (Å²) in [4.78, 5) is 17.7. The van der Waals surface area contributed by atoms with Crippen molar-refractivity contribution in [1.82, 2.24) is 9.97 Å². The Hall–Kier alpha value is -1.56. The van der Waals surface area contributed by atoms with Crippen LogP contribution in [-0.4, -0.2) is 9.97 Å². The molecule has 0 atom stereocenters. The van der Waals surface area contributed by atoms with Crippen molar-refractivity contribution < 1.29 is 8.78 Å². The zero-order chi connectivity index (χ0) is 13.3. The van der Waals surface area contributed by atoms with E-state index in [0.717, 1.165) is 6.08 Å². The van der Waals surface area contributed by atoms with Crippen LogP contribution < -0.4 is 5.56 Å². The monoisotopic (exact) mass is 314 g/mol. The minimum Gasteiger partial charge on any atom is -0.319 e. The molecule has 3 nitrogen and oxygen atoms in total. The summed E-state index contributed by atoms with van der Waals surface area (Å²) in [7, 11) is 0. The third kappa shape index (κ3) is 2.33. The highest BCUT2D eigenvalue weighted by atomic mass is 79.9. The minimum absolute atomic E-state index is 0.308. The molecule has 1 N–H and O–H groups in total. The fraction of sp³-hybridized carbons (Fsp3) is 0.167. The van der Waals surface area contributed by atoms with Gasteiger partial charge in [0.15, 0.2) is 5.69 Å². The highest BCUT2D eigenvalue weighted by molar-refractivity contribution is 9.10. The fourth-order valence-electron chi connectivity index (χ4n) is 1.58. The van der Waals surface area contributed by atoms with Gasteiger partial charge >= 0.3 is 0 Å². The highest BCUT2D eigenvalue weighted by Gasteiger charge is 2.35. The second-order valence-corrected chi connectivity index (χ2v) is 4.69. The molecule has 2 rings (SSSR count). The molecule has 0 saturated heterocycles. The summed E-state index contributed by atoms with van der Waals surface area (Å²) >= 11 is 3.22. The number of hydrogen-bond acceptors (Lipinski definition) is 2. The molecule has 6 heteroatoms. The number of rotatable bonds is 3. The number of hydrogen-bond donors (Lipinski definition) is 1. The SMILES string of the molecule is C=CCC(F)(F)c1nc2cc(Br)ccc2[nH]c1=O. The summed E-state index contributed by atoms with van der Waals surface area (Å²) in [5, 5.41) is 0. The van der Waals surface area contributed by atoms with Crippen molar-refractivity contribution in [3.8, 4) is 0 Å². The van der Waals surface area contributed by atoms with E-state index in [2.05, 4.69) is 32.5 Å². The molecule has 0 amide bonds. The van der Waals surface area contributed by atoms with E-state index >= 15 is 0 Å². The van der Waals surface area contributed by atoms with E-state index < -0.39 is 23.6 Å². The molecule has 0 aliphatic rings. The molecule has 2 aromatic rings. The van der Waals surface area contributed by atoms with Gasteiger partial charge in [0.1, 0.15) is 0 Å². The average molecular weight is 315 g/mol. The van der Waals surface area contributed by atoms with Gasteiger partial charge in [-0.2, -0.15) is 8.78 Å². The van der Waals surface area contributed by atoms with Crippen LogP contribution in [0, 0.1) is 0 Å². The van der Waals surface area contributed by atoms with E-state index in [4.69, 9.17) is 0 Å². The Balaban J connectivity index is 2.68. The van der Waals surface area contributed by atoms with Gasteiger partial charge < -0.3 is 4.98 Å². The molecule has 18 heavy (non-hydrogen) atoms. The van der Waals surface area contributed by atoms with Crippen molar-refractivity contribution in [2.75, 3.05) is 0 Å². The quantitative estimate of drug-likeness (QED) is 0.883. The van der Waals surface area contributed by atoms with Crippen LogP contribution in [0.4, 0.5) is 8.78 Å². The molecule has 1 heterocycles. The number of aromatic nitrogens is 2. The van der Waals surface area contributed by atoms with Crippen molar-refractivity contribution >= 4 is 27.0 Å². The van der Waals surface area contributed by atoms with Crippen LogP contribution in [0.25, 0.3) is 11.0 Å². The van der Waals surface area contributed by atoms with Crippen molar-refractivity contribution in [2.24, 2.45) is 0 Å². The molecule has 94 valence electrons. The number of nitrogens with one attached hydrogen (secondary N) is 1. The van der Waals surface area contributed by atoms with E-state index in [0.29, 0.717) is 15.5 Å². The summed E-state index contributed by atoms with van der Waals surface area (Å²) in [5.41, 5.74) is -0.936. The van der Waals surface area contributed by atoms with Gasteiger partial charge in [0.25, 0.3) is 11.5 Å². The van der Waals surface area contributed by atoms with Crippen LogP contribution in [0.15, 0.2) is 40.1 Å². The van der Waals surface area contributed by atoms with Crippen LogP contribution in [0.5, 0.6) is 0 Å². The summed E-state index contributed by atoms with van der Waals surface area (Å²) < 4.78 is 28.1. The summed E-state index contributed by atoms with van der Waals surface area (Å²) in [6.07, 6.45) is 0.439. The maximum atomic E-state index is 13.7. The van der Waals surface area contributed by atoms with Crippen molar-refractivity contribution in [2.45, 2.75) is 12.3 Å². The normalized spacial score (nSPS) is 11.7. The summed E-state index contributed by atoms with van der Waals surface area (Å²) in [6.45, 7) is 3.25. The maximum Gasteiger partial charge on any atom is 0.298 e. The largest absolute Gasteiger partial charge is 0.319 e. The van der Waals surface area contributed by atoms with E-state index in [1.807, 2.05) is 0 Å². The molecule has 1 aromatic carbocycles. The Morgan fingerprint density at radius 3 is 2.89 bits per heavy atom. The zero-order valence-corrected chi connectivity index (χ0v) is 10.8. The van der Waals surface area contributed by atoms with Gasteiger partial charge in [-0.1, -0.05) is 22.0 Å². The average Bonchev–Trinajstić information content (AvgIpc) is 2.28. The number of halogens is 3. The van der Waals surface area contributed by atoms with Gasteiger partial charge in [-0.3, -0.25) is 4.79 Å². The first-order valence-electron chi connectivity index (χ1n) is 5.13. The lowest BCUT2D eigenvalue weighted by atomic mass is 10.1. The standard InChI is InChI=1S/C12H9BrF2N2O/c1-2-5-12(14,15)10-11(18)17-8-4-3-7(13)6-9(8)16-10/h2-4,6H,1,5H2,(H,17,18). The second kappa shape index (κ2) is 4.61. The Morgan fingerprint density at radius 1 is 1.50 bits per heavy atom. The second-order valence-electron chi connectivity index (χ2n) is 3.77. The first kappa shape index (κ1) is 12.9. The molecule has 0 aliphatic heterocycles. The highest BCUT2D eigenvalue weighted by Crippen LogP contribution is 2.29. The third-order valence-corrected chi connectivity index (χ3v) is 2.90. The third-order valence-electron chi connectivity index (χ3n) is 2.40. The van der Waals surface area contributed by atoms with Gasteiger partial charge in [-0.25, -0.2) is 4.98 Å². The first-order valence-corrected chi connectivity index (χ1v) is 5.92. The molecule has 1 aromatic heterocycles. The van der Waals surface area contributed by atoms with Gasteiger partial charge in [0, 0.05) is 10.9 Å². The van der Waals surface area contributed by atoms with Crippen molar-refractivity contribution in [1.29, 1.82) is 0 Å². The molecule has 0 radical (unpaired) electrons. The van der Waals surface area contributed by atoms with Crippen LogP contribution >= 0.6 is 15.9 Å². The minimum atomic E-state index is -3.31. The number of aromatic amines is 1. The van der Waals surface area contributed by atoms with Crippen LogP contribution in [0.3, 0.4) is 0 Å². The summed E-state index contributed by atoms with van der Waals surface area (Å²) in [6, 6.07) is 4.86. The number of H-pyrrole nitrogens is 1. The smallest absolute Gasteiger partial charge is 0.298 e. The van der Waals surface area contributed by atoms with E-state index in [9.17, 15) is 13.6 Å². The Labute approximate surface area is 110 Å². The van der Waals surface area contributed by atoms with Crippen LogP contribution in [0.2, 0.25) is 0 Å². The molecule has 0 fully saturated rings. The Morgan fingerprint density at radius 2 is 2.22 bits per heavy atom. The first-order chi connectivity index (χ1) is 8.44. The Kier molecular flexibility index (Phi) is 3.30. The topological polar surface area (TPSA) is 45.8 Å². The van der Waals surface area contributed by atoms with Crippen molar-refractivity contribution in [3.05, 3.63) is 51.4 Å². The fourth-order valence-corrected chi connectivity index (χ4v) is 1.93. The predicted molar refractivity (Wildman–Crippen MR) is 68.8 cm³/mol. The number of fused-ring (bicyclic) bond motifs is 1. The number of allylic oxidation sites excluding steroid dienone is 1. The lowest BCUT2D eigenvalue weighted by Gasteiger charge is -2.13. The predicted octanol–water partition coefficient (Wildman–Crippen LogP) is 3.35. The number of nitrogens with zero attached hydrogens (tertiary/aromatic N) is 1. The van der Waals surface area contributed by atoms with E-state index in [1.165, 1.54) is 0 Å². The maximum absolute atomic E-state index is 13.7. The lowest BCUT2D eigenvalue weighted by molar-refractivity contribution is -0.00662. The molecule has 0 saturated carbocycles. The van der Waals surface area contributed by atoms with Gasteiger partial charge in [-0.15, -0.1) is 6.58 Å². The van der Waals surface area contributed by atoms with Crippen molar-refractivity contribution in [3.63, 3.8) is 0 Å². The van der Waals surface area contributed by atoms with Gasteiger partial charge in [0.05, 0.1) is 11.0 Å². The number of alkyl halides is 2.